The second kappa shape index (κ2) is 11.7. The molecule has 0 saturated heterocycles. The Bertz CT molecular complexity index is 823. The zero-order chi connectivity index (χ0) is 21.1. The molecule has 0 aliphatic rings. The molecule has 0 aliphatic heterocycles. The molecule has 0 aromatic heterocycles. The highest BCUT2D eigenvalue weighted by atomic mass is 16.5. The molecule has 0 fully saturated rings. The minimum Gasteiger partial charge on any atom is -0.496 e. The lowest BCUT2D eigenvalue weighted by Gasteiger charge is -2.14. The predicted molar refractivity (Wildman–Crippen MR) is 113 cm³/mol. The van der Waals surface area contributed by atoms with E-state index in [4.69, 9.17) is 14.6 Å². The average molecular weight is 396 g/mol. The fraction of sp³-hybridized carbons (Fsp3) is 0.333. The molecule has 0 amide bonds. The molecule has 1 N–H and O–H groups in total. The van der Waals surface area contributed by atoms with Crippen LogP contribution in [0.25, 0.3) is 6.08 Å². The summed E-state index contributed by atoms with van der Waals surface area (Å²) in [5.41, 5.74) is 2.65. The van der Waals surface area contributed by atoms with E-state index in [0.29, 0.717) is 12.0 Å². The Labute approximate surface area is 172 Å². The quantitative estimate of drug-likeness (QED) is 0.427. The summed E-state index contributed by atoms with van der Waals surface area (Å²) in [5.74, 6) is -0.0455. The number of hydrogen-bond donors (Lipinski definition) is 1. The van der Waals surface area contributed by atoms with Gasteiger partial charge in [-0.3, -0.25) is 4.79 Å². The van der Waals surface area contributed by atoms with Gasteiger partial charge >= 0.3 is 11.9 Å². The van der Waals surface area contributed by atoms with Crippen molar-refractivity contribution in [1.82, 2.24) is 0 Å². The number of benzene rings is 2. The number of carbonyl (C=O) groups is 2. The third-order valence-electron chi connectivity index (χ3n) is 4.78. The Kier molecular flexibility index (Phi) is 8.96. The van der Waals surface area contributed by atoms with Crippen molar-refractivity contribution in [1.29, 1.82) is 0 Å². The molecule has 154 valence electrons. The Balaban J connectivity index is 2.10. The molecule has 2 aromatic rings. The summed E-state index contributed by atoms with van der Waals surface area (Å²) >= 11 is 0. The van der Waals surface area contributed by atoms with Gasteiger partial charge in [-0.25, -0.2) is 4.79 Å². The largest absolute Gasteiger partial charge is 0.496 e. The Morgan fingerprint density at radius 1 is 1.03 bits per heavy atom. The van der Waals surface area contributed by atoms with Crippen LogP contribution >= 0.6 is 0 Å². The molecule has 0 spiro atoms. The lowest BCUT2D eigenvalue weighted by molar-refractivity contribution is -0.137. The van der Waals surface area contributed by atoms with E-state index >= 15 is 0 Å². The second-order valence-electron chi connectivity index (χ2n) is 6.89. The van der Waals surface area contributed by atoms with Crippen LogP contribution in [-0.4, -0.2) is 31.3 Å². The Morgan fingerprint density at radius 2 is 1.76 bits per heavy atom. The van der Waals surface area contributed by atoms with Crippen molar-refractivity contribution in [2.24, 2.45) is 5.92 Å². The molecule has 1 unspecified atom stereocenters. The molecule has 0 bridgehead atoms. The van der Waals surface area contributed by atoms with Gasteiger partial charge in [-0.1, -0.05) is 48.9 Å². The number of aliphatic carboxylic acids is 1. The van der Waals surface area contributed by atoms with Crippen molar-refractivity contribution in [3.05, 3.63) is 71.3 Å². The number of allylic oxidation sites excluding steroid dienone is 1. The maximum Gasteiger partial charge on any atom is 0.337 e. The molecular weight excluding hydrogens is 368 g/mol. The van der Waals surface area contributed by atoms with Crippen LogP contribution in [0.2, 0.25) is 0 Å². The topological polar surface area (TPSA) is 72.8 Å². The maximum absolute atomic E-state index is 11.6. The number of methoxy groups -OCH3 is 2. The van der Waals surface area contributed by atoms with Gasteiger partial charge in [0.25, 0.3) is 0 Å². The average Bonchev–Trinajstić information content (AvgIpc) is 2.74. The first-order chi connectivity index (χ1) is 14.0. The third-order valence-corrected chi connectivity index (χ3v) is 4.78. The van der Waals surface area contributed by atoms with E-state index in [2.05, 4.69) is 12.2 Å². The summed E-state index contributed by atoms with van der Waals surface area (Å²) in [6.07, 6.45) is 7.61. The van der Waals surface area contributed by atoms with E-state index in [1.54, 1.807) is 19.2 Å². The first kappa shape index (κ1) is 22.2. The molecule has 1 atom stereocenters. The zero-order valence-corrected chi connectivity index (χ0v) is 17.0. The SMILES string of the molecule is COC(=O)c1ccc(CC(C=Cc2ccccc2OC)CCCCC(=O)O)cc1. The number of carboxylic acids is 1. The van der Waals surface area contributed by atoms with E-state index in [0.717, 1.165) is 36.1 Å². The lowest BCUT2D eigenvalue weighted by atomic mass is 9.92. The highest BCUT2D eigenvalue weighted by molar-refractivity contribution is 5.89. The Morgan fingerprint density at radius 3 is 2.41 bits per heavy atom. The highest BCUT2D eigenvalue weighted by Gasteiger charge is 2.10. The number of rotatable bonds is 11. The first-order valence-corrected chi connectivity index (χ1v) is 9.73. The maximum atomic E-state index is 11.6. The summed E-state index contributed by atoms with van der Waals surface area (Å²) in [7, 11) is 3.02. The van der Waals surface area contributed by atoms with E-state index in [9.17, 15) is 9.59 Å². The van der Waals surface area contributed by atoms with E-state index in [-0.39, 0.29) is 18.3 Å². The van der Waals surface area contributed by atoms with Crippen LogP contribution < -0.4 is 4.74 Å². The Hall–Kier alpha value is -3.08. The normalized spacial score (nSPS) is 11.9. The molecule has 5 heteroatoms. The zero-order valence-electron chi connectivity index (χ0n) is 17.0. The molecule has 0 heterocycles. The third kappa shape index (κ3) is 7.45. The number of para-hydroxylation sites is 1. The lowest BCUT2D eigenvalue weighted by Crippen LogP contribution is -2.04. The molecule has 2 aromatic carbocycles. The summed E-state index contributed by atoms with van der Waals surface area (Å²) in [6, 6.07) is 15.2. The summed E-state index contributed by atoms with van der Waals surface area (Å²) in [5, 5.41) is 8.85. The molecule has 0 aliphatic carbocycles. The number of carbonyl (C=O) groups excluding carboxylic acids is 1. The van der Waals surface area contributed by atoms with Gasteiger partial charge in [-0.05, 0) is 48.9 Å². The number of ether oxygens (including phenoxy) is 2. The molecular formula is C24H28O5. The molecule has 29 heavy (non-hydrogen) atoms. The van der Waals surface area contributed by atoms with Crippen LogP contribution in [0.4, 0.5) is 0 Å². The molecule has 2 rings (SSSR count). The van der Waals surface area contributed by atoms with Crippen LogP contribution in [0.1, 0.15) is 47.2 Å². The standard InChI is InChI=1S/C24H28O5/c1-28-22-9-5-4-8-20(22)14-11-18(7-3-6-10-23(25)26)17-19-12-15-21(16-13-19)24(27)29-2/h4-5,8-9,11-16,18H,3,6-7,10,17H2,1-2H3,(H,25,26). The molecule has 0 radical (unpaired) electrons. The van der Waals surface area contributed by atoms with Crippen LogP contribution in [0.15, 0.2) is 54.6 Å². The van der Waals surface area contributed by atoms with E-state index in [1.807, 2.05) is 36.4 Å². The highest BCUT2D eigenvalue weighted by Crippen LogP contribution is 2.23. The van der Waals surface area contributed by atoms with Crippen LogP contribution in [0.5, 0.6) is 5.75 Å². The van der Waals surface area contributed by atoms with Crippen molar-refractivity contribution >= 4 is 18.0 Å². The monoisotopic (exact) mass is 396 g/mol. The number of unbranched alkanes of at least 4 members (excludes halogenated alkanes) is 1. The fourth-order valence-electron chi connectivity index (χ4n) is 3.19. The smallest absolute Gasteiger partial charge is 0.337 e. The van der Waals surface area contributed by atoms with Gasteiger partial charge in [0.2, 0.25) is 0 Å². The summed E-state index contributed by atoms with van der Waals surface area (Å²) in [6.45, 7) is 0. The molecule has 0 saturated carbocycles. The van der Waals surface area contributed by atoms with Crippen LogP contribution in [0, 0.1) is 5.92 Å². The van der Waals surface area contributed by atoms with Gasteiger partial charge in [-0.15, -0.1) is 0 Å². The minimum atomic E-state index is -0.760. The van der Waals surface area contributed by atoms with Gasteiger partial charge in [-0.2, -0.15) is 0 Å². The summed E-state index contributed by atoms with van der Waals surface area (Å²) < 4.78 is 10.1. The van der Waals surface area contributed by atoms with Crippen molar-refractivity contribution < 1.29 is 24.2 Å². The number of carboxylic acid groups (broad SMARTS) is 1. The van der Waals surface area contributed by atoms with Crippen molar-refractivity contribution in [2.45, 2.75) is 32.1 Å². The predicted octanol–water partition coefficient (Wildman–Crippen LogP) is 5.00. The number of hydrogen-bond acceptors (Lipinski definition) is 4. The summed E-state index contributed by atoms with van der Waals surface area (Å²) in [4.78, 5) is 22.4. The van der Waals surface area contributed by atoms with Gasteiger partial charge in [0.15, 0.2) is 0 Å². The van der Waals surface area contributed by atoms with Crippen molar-refractivity contribution in [3.63, 3.8) is 0 Å². The van der Waals surface area contributed by atoms with Crippen LogP contribution in [0.3, 0.4) is 0 Å². The fourth-order valence-corrected chi connectivity index (χ4v) is 3.19. The van der Waals surface area contributed by atoms with Crippen molar-refractivity contribution in [2.75, 3.05) is 14.2 Å². The van der Waals surface area contributed by atoms with E-state index < -0.39 is 5.97 Å². The first-order valence-electron chi connectivity index (χ1n) is 9.73. The van der Waals surface area contributed by atoms with Gasteiger partial charge < -0.3 is 14.6 Å². The second-order valence-corrected chi connectivity index (χ2v) is 6.89. The number of esters is 1. The molecule has 5 nitrogen and oxygen atoms in total. The van der Waals surface area contributed by atoms with Crippen molar-refractivity contribution in [3.8, 4) is 5.75 Å². The van der Waals surface area contributed by atoms with E-state index in [1.165, 1.54) is 7.11 Å². The van der Waals surface area contributed by atoms with Crippen LogP contribution in [-0.2, 0) is 16.0 Å². The van der Waals surface area contributed by atoms with Gasteiger partial charge in [0, 0.05) is 12.0 Å². The van der Waals surface area contributed by atoms with Gasteiger partial charge in [0.05, 0.1) is 19.8 Å². The van der Waals surface area contributed by atoms with Gasteiger partial charge in [0.1, 0.15) is 5.75 Å². The minimum absolute atomic E-state index is 0.191.